The lowest BCUT2D eigenvalue weighted by Crippen LogP contribution is -2.64. The monoisotopic (exact) mass is 465 g/mol. The molecule has 4 aliphatic carbocycles. The van der Waals surface area contributed by atoms with Gasteiger partial charge in [0, 0.05) is 6.42 Å². The lowest BCUT2D eigenvalue weighted by atomic mass is 9.43. The van der Waals surface area contributed by atoms with Gasteiger partial charge < -0.3 is 25.7 Å². The molecule has 4 fully saturated rings. The highest BCUT2D eigenvalue weighted by Gasteiger charge is 2.65. The van der Waals surface area contributed by atoms with Gasteiger partial charge in [0.2, 0.25) is 5.91 Å². The minimum Gasteiger partial charge on any atom is -0.480 e. The van der Waals surface area contributed by atoms with Gasteiger partial charge in [-0.15, -0.1) is 0 Å². The van der Waals surface area contributed by atoms with Crippen molar-refractivity contribution in [1.29, 1.82) is 0 Å². The van der Waals surface area contributed by atoms with Gasteiger partial charge in [0.1, 0.15) is 6.54 Å². The highest BCUT2D eigenvalue weighted by Crippen LogP contribution is 2.68. The summed E-state index contributed by atoms with van der Waals surface area (Å²) >= 11 is 0. The van der Waals surface area contributed by atoms with Gasteiger partial charge >= 0.3 is 5.97 Å². The molecule has 0 aromatic rings. The number of amides is 1. The molecule has 0 aromatic heterocycles. The van der Waals surface area contributed by atoms with E-state index >= 15 is 0 Å². The van der Waals surface area contributed by atoms with E-state index in [1.165, 1.54) is 0 Å². The van der Waals surface area contributed by atoms with E-state index in [0.29, 0.717) is 36.5 Å². The first-order chi connectivity index (χ1) is 15.5. The van der Waals surface area contributed by atoms with E-state index in [1.807, 2.05) is 0 Å². The van der Waals surface area contributed by atoms with Gasteiger partial charge in [-0.3, -0.25) is 9.59 Å². The Labute approximate surface area is 197 Å². The first-order valence-electron chi connectivity index (χ1n) is 13.0. The van der Waals surface area contributed by atoms with Crippen molar-refractivity contribution < 1.29 is 30.0 Å². The Bertz CT molecular complexity index is 759. The van der Waals surface area contributed by atoms with Crippen LogP contribution in [0.2, 0.25) is 0 Å². The fourth-order valence-corrected chi connectivity index (χ4v) is 9.04. The van der Waals surface area contributed by atoms with Crippen molar-refractivity contribution in [2.24, 2.45) is 46.3 Å². The third kappa shape index (κ3) is 4.23. The molecule has 0 aromatic carbocycles. The second-order valence-electron chi connectivity index (χ2n) is 12.2. The van der Waals surface area contributed by atoms with Crippen LogP contribution in [-0.2, 0) is 9.59 Å². The van der Waals surface area contributed by atoms with Crippen LogP contribution in [0.4, 0.5) is 0 Å². The van der Waals surface area contributed by atoms with E-state index in [2.05, 4.69) is 26.1 Å². The topological polar surface area (TPSA) is 127 Å². The molecule has 33 heavy (non-hydrogen) atoms. The van der Waals surface area contributed by atoms with Crippen LogP contribution in [0.1, 0.15) is 78.6 Å². The maximum absolute atomic E-state index is 12.0. The molecule has 0 unspecified atom stereocenters. The molecule has 4 saturated carbocycles. The van der Waals surface area contributed by atoms with Gasteiger partial charge in [0.05, 0.1) is 18.3 Å². The number of aliphatic hydroxyl groups is 3. The summed E-state index contributed by atoms with van der Waals surface area (Å²) in [5, 5.41) is 44.0. The summed E-state index contributed by atoms with van der Waals surface area (Å²) in [7, 11) is 0. The minimum atomic E-state index is -1.03. The second-order valence-corrected chi connectivity index (χ2v) is 12.2. The quantitative estimate of drug-likeness (QED) is 0.410. The number of fused-ring (bicyclic) bond motifs is 5. The molecular weight excluding hydrogens is 422 g/mol. The predicted molar refractivity (Wildman–Crippen MR) is 123 cm³/mol. The SMILES string of the molecule is C[C@H](CCC(=O)NCC(=O)O)[C@@H]1CC[C@@H]2[C@H]3[C@@H](O)[C@@H](O)[C@@H]4C[C@H](O)CC[C@]4(C)[C@H]3CC[C@@]21C. The largest absolute Gasteiger partial charge is 0.480 e. The summed E-state index contributed by atoms with van der Waals surface area (Å²) in [5.41, 5.74) is 0.0476. The third-order valence-corrected chi connectivity index (χ3v) is 10.7. The van der Waals surface area contributed by atoms with Crippen molar-refractivity contribution in [3.05, 3.63) is 0 Å². The van der Waals surface area contributed by atoms with Crippen LogP contribution in [0.15, 0.2) is 0 Å². The fourth-order valence-electron chi connectivity index (χ4n) is 9.04. The van der Waals surface area contributed by atoms with Gasteiger partial charge in [-0.1, -0.05) is 20.8 Å². The number of aliphatic hydroxyl groups excluding tert-OH is 3. The standard InChI is InChI=1S/C26H43NO6/c1-14(4-7-20(29)27-13-21(30)31)16-5-6-17-22-18(9-11-25(16,17)2)26(3)10-8-15(28)12-19(26)23(32)24(22)33/h14-19,22-24,28,32-33H,4-13H2,1-3H3,(H,27,29)(H,30,31)/t14-,15-,16+,17-,18+,19+,22-,23+,24-,25-,26-/m1/s1. The highest BCUT2D eigenvalue weighted by molar-refractivity contribution is 5.81. The zero-order valence-electron chi connectivity index (χ0n) is 20.4. The Morgan fingerprint density at radius 3 is 2.30 bits per heavy atom. The number of aliphatic carboxylic acids is 1. The summed E-state index contributed by atoms with van der Waals surface area (Å²) in [6.07, 6.45) is 5.74. The van der Waals surface area contributed by atoms with E-state index in [1.54, 1.807) is 0 Å². The molecule has 5 N–H and O–H groups in total. The van der Waals surface area contributed by atoms with Crippen LogP contribution in [0, 0.1) is 46.3 Å². The first-order valence-corrected chi connectivity index (χ1v) is 13.0. The molecule has 4 aliphatic rings. The van der Waals surface area contributed by atoms with Crippen LogP contribution in [0.5, 0.6) is 0 Å². The highest BCUT2D eigenvalue weighted by atomic mass is 16.4. The molecule has 7 heteroatoms. The number of nitrogens with one attached hydrogen (secondary N) is 1. The Morgan fingerprint density at radius 2 is 1.61 bits per heavy atom. The van der Waals surface area contributed by atoms with Gasteiger partial charge in [-0.2, -0.15) is 0 Å². The summed E-state index contributed by atoms with van der Waals surface area (Å²) < 4.78 is 0. The summed E-state index contributed by atoms with van der Waals surface area (Å²) in [5.74, 6) is 0.340. The number of hydrogen-bond donors (Lipinski definition) is 5. The number of carbonyl (C=O) groups excluding carboxylic acids is 1. The fraction of sp³-hybridized carbons (Fsp3) is 0.923. The number of carboxylic acid groups (broad SMARTS) is 1. The summed E-state index contributed by atoms with van der Waals surface area (Å²) in [4.78, 5) is 22.7. The van der Waals surface area contributed by atoms with E-state index in [4.69, 9.17) is 5.11 Å². The third-order valence-electron chi connectivity index (χ3n) is 10.7. The maximum atomic E-state index is 12.0. The van der Waals surface area contributed by atoms with E-state index in [0.717, 1.165) is 44.9 Å². The molecule has 0 spiro atoms. The molecule has 11 atom stereocenters. The van der Waals surface area contributed by atoms with Crippen molar-refractivity contribution in [1.82, 2.24) is 5.32 Å². The zero-order valence-corrected chi connectivity index (χ0v) is 20.4. The van der Waals surface area contributed by atoms with Crippen molar-refractivity contribution in [3.8, 4) is 0 Å². The predicted octanol–water partition coefficient (Wildman–Crippen LogP) is 2.56. The lowest BCUT2D eigenvalue weighted by Gasteiger charge is -2.63. The van der Waals surface area contributed by atoms with Gasteiger partial charge in [0.25, 0.3) is 0 Å². The Morgan fingerprint density at radius 1 is 0.939 bits per heavy atom. The van der Waals surface area contributed by atoms with Crippen molar-refractivity contribution in [3.63, 3.8) is 0 Å². The summed E-state index contributed by atoms with van der Waals surface area (Å²) in [6, 6.07) is 0. The molecule has 0 heterocycles. The minimum absolute atomic E-state index is 0.0319. The average Bonchev–Trinajstić information content (AvgIpc) is 3.12. The van der Waals surface area contributed by atoms with Crippen molar-refractivity contribution >= 4 is 11.9 Å². The molecule has 7 nitrogen and oxygen atoms in total. The van der Waals surface area contributed by atoms with Gasteiger partial charge in [-0.25, -0.2) is 0 Å². The van der Waals surface area contributed by atoms with E-state index in [9.17, 15) is 24.9 Å². The number of carboxylic acids is 1. The van der Waals surface area contributed by atoms with Crippen molar-refractivity contribution in [2.75, 3.05) is 6.54 Å². The summed E-state index contributed by atoms with van der Waals surface area (Å²) in [6.45, 7) is 6.53. The molecule has 4 rings (SSSR count). The Hall–Kier alpha value is -1.18. The van der Waals surface area contributed by atoms with E-state index in [-0.39, 0.29) is 41.2 Å². The molecule has 188 valence electrons. The first kappa shape index (κ1) is 24.9. The average molecular weight is 466 g/mol. The molecule has 0 aliphatic heterocycles. The van der Waals surface area contributed by atoms with Crippen LogP contribution in [0.25, 0.3) is 0 Å². The van der Waals surface area contributed by atoms with Crippen molar-refractivity contribution in [2.45, 2.75) is 96.9 Å². The van der Waals surface area contributed by atoms with Crippen LogP contribution < -0.4 is 5.32 Å². The van der Waals surface area contributed by atoms with Crippen LogP contribution in [-0.4, -0.2) is 57.2 Å². The van der Waals surface area contributed by atoms with E-state index < -0.39 is 18.2 Å². The van der Waals surface area contributed by atoms with Gasteiger partial charge in [-0.05, 0) is 97.7 Å². The second kappa shape index (κ2) is 9.12. The number of carbonyl (C=O) groups is 2. The molecule has 0 radical (unpaired) electrons. The molecular formula is C26H43NO6. The van der Waals surface area contributed by atoms with Crippen LogP contribution in [0.3, 0.4) is 0 Å². The Kier molecular flexibility index (Phi) is 6.89. The molecule has 1 amide bonds. The number of rotatable bonds is 6. The number of hydrogen-bond acceptors (Lipinski definition) is 5. The Balaban J connectivity index is 1.47. The van der Waals surface area contributed by atoms with Crippen LogP contribution >= 0.6 is 0 Å². The maximum Gasteiger partial charge on any atom is 0.322 e. The molecule has 0 saturated heterocycles. The molecule has 0 bridgehead atoms. The smallest absolute Gasteiger partial charge is 0.322 e. The zero-order chi connectivity index (χ0) is 24.1. The lowest BCUT2D eigenvalue weighted by molar-refractivity contribution is -0.223. The van der Waals surface area contributed by atoms with Gasteiger partial charge in [0.15, 0.2) is 0 Å². The normalized spacial score (nSPS) is 47.7.